The summed E-state index contributed by atoms with van der Waals surface area (Å²) in [5.74, 6) is -1.68. The lowest BCUT2D eigenvalue weighted by Gasteiger charge is -2.12. The maximum absolute atomic E-state index is 12.9. The van der Waals surface area contributed by atoms with E-state index in [4.69, 9.17) is 4.74 Å². The lowest BCUT2D eigenvalue weighted by molar-refractivity contribution is 0.0318. The van der Waals surface area contributed by atoms with Crippen LogP contribution in [-0.2, 0) is 14.6 Å². The number of ketones is 1. The van der Waals surface area contributed by atoms with Crippen LogP contribution in [0.1, 0.15) is 27.6 Å². The van der Waals surface area contributed by atoms with E-state index in [-0.39, 0.29) is 16.0 Å². The Hall–Kier alpha value is -2.54. The van der Waals surface area contributed by atoms with Gasteiger partial charge < -0.3 is 4.74 Å². The van der Waals surface area contributed by atoms with Gasteiger partial charge in [0.05, 0.1) is 10.5 Å². The van der Waals surface area contributed by atoms with Gasteiger partial charge in [0.2, 0.25) is 5.78 Å². The molecule has 0 radical (unpaired) electrons. The molecule has 0 bridgehead atoms. The maximum atomic E-state index is 12.9. The number of Topliss-reactive ketones (excluding diaryl/α,β-unsaturated/α-hetero) is 1. The Labute approximate surface area is 139 Å². The van der Waals surface area contributed by atoms with E-state index in [2.05, 4.69) is 0 Å². The van der Waals surface area contributed by atoms with Crippen LogP contribution in [0.2, 0.25) is 0 Å². The zero-order valence-electron chi connectivity index (χ0n) is 13.0. The predicted molar refractivity (Wildman–Crippen MR) is 85.2 cm³/mol. The molecular formula is C17H15FO5S. The van der Waals surface area contributed by atoms with E-state index in [0.717, 1.165) is 18.4 Å². The molecule has 0 spiro atoms. The van der Waals surface area contributed by atoms with Crippen LogP contribution >= 0.6 is 0 Å². The number of esters is 1. The number of benzene rings is 2. The molecule has 0 heterocycles. The van der Waals surface area contributed by atoms with E-state index in [9.17, 15) is 22.4 Å². The molecule has 0 unspecified atom stereocenters. The average Bonchev–Trinajstić information content (AvgIpc) is 2.54. The van der Waals surface area contributed by atoms with Crippen molar-refractivity contribution in [3.05, 3.63) is 65.5 Å². The maximum Gasteiger partial charge on any atom is 0.338 e. The molecule has 126 valence electrons. The number of rotatable bonds is 5. The Morgan fingerprint density at radius 3 is 1.96 bits per heavy atom. The summed E-state index contributed by atoms with van der Waals surface area (Å²) < 4.78 is 40.7. The van der Waals surface area contributed by atoms with E-state index in [1.54, 1.807) is 0 Å². The number of sulfone groups is 1. The lowest BCUT2D eigenvalue weighted by atomic mass is 10.1. The van der Waals surface area contributed by atoms with Gasteiger partial charge in [0, 0.05) is 11.8 Å². The first-order valence-corrected chi connectivity index (χ1v) is 8.88. The van der Waals surface area contributed by atoms with Crippen LogP contribution in [0.5, 0.6) is 0 Å². The van der Waals surface area contributed by atoms with E-state index in [1.165, 1.54) is 43.3 Å². The summed E-state index contributed by atoms with van der Waals surface area (Å²) in [7, 11) is -3.36. The monoisotopic (exact) mass is 350 g/mol. The van der Waals surface area contributed by atoms with Gasteiger partial charge in [-0.1, -0.05) is 0 Å². The van der Waals surface area contributed by atoms with Crippen molar-refractivity contribution in [2.45, 2.75) is 17.9 Å². The normalized spacial score (nSPS) is 12.5. The molecule has 0 aliphatic carbocycles. The topological polar surface area (TPSA) is 77.5 Å². The average molecular weight is 350 g/mol. The first kappa shape index (κ1) is 17.8. The summed E-state index contributed by atoms with van der Waals surface area (Å²) in [6, 6.07) is 10.1. The van der Waals surface area contributed by atoms with Crippen molar-refractivity contribution in [2.24, 2.45) is 0 Å². The first-order chi connectivity index (χ1) is 11.2. The minimum Gasteiger partial charge on any atom is -0.451 e. The van der Waals surface area contributed by atoms with Crippen LogP contribution in [0.3, 0.4) is 0 Å². The largest absolute Gasteiger partial charge is 0.451 e. The van der Waals surface area contributed by atoms with Gasteiger partial charge in [-0.2, -0.15) is 0 Å². The molecule has 0 aliphatic heterocycles. The van der Waals surface area contributed by atoms with Crippen molar-refractivity contribution in [2.75, 3.05) is 6.26 Å². The molecule has 0 fully saturated rings. The molecule has 2 aromatic rings. The van der Waals surface area contributed by atoms with Crippen molar-refractivity contribution in [1.82, 2.24) is 0 Å². The van der Waals surface area contributed by atoms with E-state index < -0.39 is 33.5 Å². The Morgan fingerprint density at radius 1 is 0.958 bits per heavy atom. The van der Waals surface area contributed by atoms with Crippen molar-refractivity contribution in [3.63, 3.8) is 0 Å². The predicted octanol–water partition coefficient (Wildman–Crippen LogP) is 2.66. The van der Waals surface area contributed by atoms with Gasteiger partial charge in [-0.3, -0.25) is 4.79 Å². The highest BCUT2D eigenvalue weighted by Gasteiger charge is 2.20. The highest BCUT2D eigenvalue weighted by atomic mass is 32.2. The molecule has 0 aliphatic rings. The van der Waals surface area contributed by atoms with Crippen LogP contribution in [0.15, 0.2) is 53.4 Å². The summed E-state index contributed by atoms with van der Waals surface area (Å²) >= 11 is 0. The molecular weight excluding hydrogens is 335 g/mol. The third kappa shape index (κ3) is 4.26. The van der Waals surface area contributed by atoms with E-state index in [1.807, 2.05) is 0 Å². The van der Waals surface area contributed by atoms with Gasteiger partial charge in [0.15, 0.2) is 15.9 Å². The van der Waals surface area contributed by atoms with Gasteiger partial charge in [-0.05, 0) is 55.5 Å². The Kier molecular flexibility index (Phi) is 5.14. The molecule has 7 heteroatoms. The number of halogens is 1. The quantitative estimate of drug-likeness (QED) is 0.612. The Bertz CT molecular complexity index is 855. The third-order valence-corrected chi connectivity index (χ3v) is 4.43. The van der Waals surface area contributed by atoms with Gasteiger partial charge in [0.25, 0.3) is 0 Å². The highest BCUT2D eigenvalue weighted by Crippen LogP contribution is 2.13. The number of hydrogen-bond donors (Lipinski definition) is 0. The summed E-state index contributed by atoms with van der Waals surface area (Å²) in [6.45, 7) is 1.41. The second kappa shape index (κ2) is 6.92. The first-order valence-electron chi connectivity index (χ1n) is 6.99. The van der Waals surface area contributed by atoms with Crippen LogP contribution < -0.4 is 0 Å². The minimum atomic E-state index is -3.36. The van der Waals surface area contributed by atoms with Crippen molar-refractivity contribution in [1.29, 1.82) is 0 Å². The molecule has 24 heavy (non-hydrogen) atoms. The minimum absolute atomic E-state index is 0.0782. The van der Waals surface area contributed by atoms with Gasteiger partial charge in [-0.15, -0.1) is 0 Å². The van der Waals surface area contributed by atoms with E-state index >= 15 is 0 Å². The highest BCUT2D eigenvalue weighted by molar-refractivity contribution is 7.90. The Morgan fingerprint density at radius 2 is 1.46 bits per heavy atom. The van der Waals surface area contributed by atoms with Gasteiger partial charge in [0.1, 0.15) is 5.82 Å². The lowest BCUT2D eigenvalue weighted by Crippen LogP contribution is -2.24. The molecule has 0 amide bonds. The van der Waals surface area contributed by atoms with Crippen LogP contribution in [-0.4, -0.2) is 32.5 Å². The van der Waals surface area contributed by atoms with Crippen LogP contribution in [0, 0.1) is 5.82 Å². The van der Waals surface area contributed by atoms with Crippen molar-refractivity contribution in [3.8, 4) is 0 Å². The summed E-state index contributed by atoms with van der Waals surface area (Å²) in [6.07, 6.45) is 0.00146. The molecule has 0 saturated carbocycles. The van der Waals surface area contributed by atoms with Crippen LogP contribution in [0.25, 0.3) is 0 Å². The smallest absolute Gasteiger partial charge is 0.338 e. The summed E-state index contributed by atoms with van der Waals surface area (Å²) in [5.41, 5.74) is 0.352. The zero-order chi connectivity index (χ0) is 17.9. The fourth-order valence-electron chi connectivity index (χ4n) is 1.97. The fraction of sp³-hybridized carbons (Fsp3) is 0.176. The third-order valence-electron chi connectivity index (χ3n) is 3.30. The second-order valence-corrected chi connectivity index (χ2v) is 7.23. The number of carbonyl (C=O) groups is 2. The fourth-order valence-corrected chi connectivity index (χ4v) is 2.60. The van der Waals surface area contributed by atoms with Gasteiger partial charge >= 0.3 is 5.97 Å². The standard InChI is InChI=1S/C17H15FO5S/c1-11(16(19)12-3-7-14(18)8-4-12)23-17(20)13-5-9-15(10-6-13)24(2,21)22/h3-11H,1-2H3/t11-/m0/s1. The van der Waals surface area contributed by atoms with Gasteiger partial charge in [-0.25, -0.2) is 17.6 Å². The second-order valence-electron chi connectivity index (χ2n) is 5.22. The number of hydrogen-bond acceptors (Lipinski definition) is 5. The molecule has 0 aromatic heterocycles. The molecule has 0 N–H and O–H groups in total. The molecule has 1 atom stereocenters. The summed E-state index contributed by atoms with van der Waals surface area (Å²) in [5, 5.41) is 0. The molecule has 0 saturated heterocycles. The molecule has 2 rings (SSSR count). The molecule has 2 aromatic carbocycles. The SMILES string of the molecule is C[C@H](OC(=O)c1ccc(S(C)(=O)=O)cc1)C(=O)c1ccc(F)cc1. The van der Waals surface area contributed by atoms with Crippen LogP contribution in [0.4, 0.5) is 4.39 Å². The van der Waals surface area contributed by atoms with E-state index in [0.29, 0.717) is 0 Å². The van der Waals surface area contributed by atoms with Crippen molar-refractivity contribution < 1.29 is 27.1 Å². The summed E-state index contributed by atoms with van der Waals surface area (Å²) in [4.78, 5) is 24.2. The number of carbonyl (C=O) groups excluding carboxylic acids is 2. The zero-order valence-corrected chi connectivity index (χ0v) is 13.8. The molecule has 5 nitrogen and oxygen atoms in total. The Balaban J connectivity index is 2.08. The van der Waals surface area contributed by atoms with Crippen molar-refractivity contribution >= 4 is 21.6 Å². The number of ether oxygens (including phenoxy) is 1.